The first-order valence-corrected chi connectivity index (χ1v) is 10.9. The van der Waals surface area contributed by atoms with E-state index < -0.39 is 6.04 Å². The molecule has 6 nitrogen and oxygen atoms in total. The number of pyridine rings is 1. The second-order valence-corrected chi connectivity index (χ2v) is 8.42. The second-order valence-electron chi connectivity index (χ2n) is 7.98. The minimum atomic E-state index is -0.423. The number of rotatable bonds is 3. The molecule has 0 unspecified atom stereocenters. The lowest BCUT2D eigenvalue weighted by Crippen LogP contribution is -2.24. The number of aromatic hydroxyl groups is 1. The summed E-state index contributed by atoms with van der Waals surface area (Å²) in [5, 5.41) is 17.4. The second kappa shape index (κ2) is 8.22. The van der Waals surface area contributed by atoms with Crippen LogP contribution in [0.15, 0.2) is 82.7 Å². The third-order valence-corrected chi connectivity index (χ3v) is 6.08. The number of hydrogen-bond acceptors (Lipinski definition) is 4. The maximum absolute atomic E-state index is 13.3. The molecule has 33 heavy (non-hydrogen) atoms. The quantitative estimate of drug-likeness (QED) is 0.440. The maximum Gasteiger partial charge on any atom is 0.258 e. The molecule has 0 saturated carbocycles. The number of aromatic amines is 1. The van der Waals surface area contributed by atoms with Gasteiger partial charge in [0.15, 0.2) is 0 Å². The smallest absolute Gasteiger partial charge is 0.258 e. The molecule has 2 N–H and O–H groups in total. The highest BCUT2D eigenvalue weighted by atomic mass is 35.5. The normalized spacial score (nSPS) is 15.6. The minimum absolute atomic E-state index is 0.106. The van der Waals surface area contributed by atoms with Crippen LogP contribution < -0.4 is 5.56 Å². The monoisotopic (exact) mass is 457 g/mol. The third kappa shape index (κ3) is 3.79. The maximum atomic E-state index is 13.3. The molecule has 0 bridgehead atoms. The number of para-hydroxylation sites is 1. The zero-order valence-electron chi connectivity index (χ0n) is 17.7. The number of nitrogens with one attached hydrogen (secondary N) is 1. The van der Waals surface area contributed by atoms with E-state index in [1.165, 1.54) is 11.9 Å². The van der Waals surface area contributed by atoms with Gasteiger partial charge < -0.3 is 10.1 Å². The van der Waals surface area contributed by atoms with Crippen molar-refractivity contribution in [1.29, 1.82) is 0 Å². The molecular weight excluding hydrogens is 438 g/mol. The first-order valence-electron chi connectivity index (χ1n) is 10.5. The standard InChI is InChI=1S/C26H20ClN3O3/c1-15(31)30-23(17-5-4-6-19(32)13-17)14-22(29-30)25-24(16-9-11-18(27)12-10-16)20-7-2-3-8-21(20)28-26(25)33/h2-13,23,32H,14H2,1H3,(H,28,33)/t23-/m0/s1. The molecule has 1 atom stereocenters. The van der Waals surface area contributed by atoms with Gasteiger partial charge in [-0.25, -0.2) is 5.01 Å². The summed E-state index contributed by atoms with van der Waals surface area (Å²) in [6.45, 7) is 1.44. The predicted molar refractivity (Wildman–Crippen MR) is 130 cm³/mol. The number of hydrazone groups is 1. The van der Waals surface area contributed by atoms with Gasteiger partial charge in [-0.1, -0.05) is 54.1 Å². The summed E-state index contributed by atoms with van der Waals surface area (Å²) in [6.07, 6.45) is 0.338. The Balaban J connectivity index is 1.73. The number of fused-ring (bicyclic) bond motifs is 1. The summed E-state index contributed by atoms with van der Waals surface area (Å²) < 4.78 is 0. The van der Waals surface area contributed by atoms with E-state index >= 15 is 0 Å². The van der Waals surface area contributed by atoms with Crippen LogP contribution in [0, 0.1) is 0 Å². The number of aromatic nitrogens is 1. The van der Waals surface area contributed by atoms with Crippen LogP contribution in [0.25, 0.3) is 22.0 Å². The van der Waals surface area contributed by atoms with Gasteiger partial charge in [-0.2, -0.15) is 5.10 Å². The number of halogens is 1. The van der Waals surface area contributed by atoms with E-state index in [9.17, 15) is 14.7 Å². The molecule has 2 heterocycles. The van der Waals surface area contributed by atoms with E-state index in [-0.39, 0.29) is 17.2 Å². The molecule has 1 aliphatic rings. The van der Waals surface area contributed by atoms with E-state index in [0.29, 0.717) is 28.2 Å². The van der Waals surface area contributed by atoms with E-state index in [4.69, 9.17) is 11.6 Å². The van der Waals surface area contributed by atoms with E-state index in [1.807, 2.05) is 42.5 Å². The molecule has 1 aliphatic heterocycles. The molecule has 1 aromatic heterocycles. The van der Waals surface area contributed by atoms with Crippen LogP contribution >= 0.6 is 11.6 Å². The average Bonchev–Trinajstić information content (AvgIpc) is 3.24. The van der Waals surface area contributed by atoms with Gasteiger partial charge in [0.2, 0.25) is 5.91 Å². The van der Waals surface area contributed by atoms with E-state index in [2.05, 4.69) is 10.1 Å². The van der Waals surface area contributed by atoms with Gasteiger partial charge in [-0.15, -0.1) is 0 Å². The number of amides is 1. The third-order valence-electron chi connectivity index (χ3n) is 5.83. The van der Waals surface area contributed by atoms with Crippen molar-refractivity contribution in [3.8, 4) is 16.9 Å². The van der Waals surface area contributed by atoms with Crippen LogP contribution in [0.3, 0.4) is 0 Å². The fraction of sp³-hybridized carbons (Fsp3) is 0.115. The Kier molecular flexibility index (Phi) is 5.23. The van der Waals surface area contributed by atoms with Gasteiger partial charge in [0.05, 0.1) is 17.3 Å². The lowest BCUT2D eigenvalue weighted by atomic mass is 9.91. The molecular formula is C26H20ClN3O3. The van der Waals surface area contributed by atoms with E-state index in [0.717, 1.165) is 22.1 Å². The number of carbonyl (C=O) groups is 1. The summed E-state index contributed by atoms with van der Waals surface area (Å²) in [7, 11) is 0. The summed E-state index contributed by atoms with van der Waals surface area (Å²) in [4.78, 5) is 28.7. The minimum Gasteiger partial charge on any atom is -0.508 e. The Morgan fingerprint density at radius 2 is 1.82 bits per heavy atom. The van der Waals surface area contributed by atoms with Gasteiger partial charge in [0.1, 0.15) is 5.75 Å². The number of H-pyrrole nitrogens is 1. The molecule has 0 aliphatic carbocycles. The van der Waals surface area contributed by atoms with Crippen molar-refractivity contribution in [1.82, 2.24) is 9.99 Å². The zero-order valence-corrected chi connectivity index (χ0v) is 18.5. The van der Waals surface area contributed by atoms with Crippen LogP contribution in [0.5, 0.6) is 5.75 Å². The van der Waals surface area contributed by atoms with Crippen molar-refractivity contribution < 1.29 is 9.90 Å². The Labute approximate surface area is 194 Å². The van der Waals surface area contributed by atoms with Crippen LogP contribution in [-0.2, 0) is 4.79 Å². The highest BCUT2D eigenvalue weighted by Gasteiger charge is 2.34. The molecule has 0 radical (unpaired) electrons. The summed E-state index contributed by atoms with van der Waals surface area (Å²) in [5.74, 6) is -0.140. The SMILES string of the molecule is CC(=O)N1N=C(c2c(-c3ccc(Cl)cc3)c3ccccc3[nH]c2=O)C[C@H]1c1cccc(O)c1. The number of benzene rings is 3. The summed E-state index contributed by atoms with van der Waals surface area (Å²) in [5.41, 5.74) is 3.68. The lowest BCUT2D eigenvalue weighted by Gasteiger charge is -2.20. The van der Waals surface area contributed by atoms with Crippen molar-refractivity contribution in [2.75, 3.05) is 0 Å². The van der Waals surface area contributed by atoms with Gasteiger partial charge in [0.25, 0.3) is 5.56 Å². The van der Waals surface area contributed by atoms with Crippen molar-refractivity contribution in [3.63, 3.8) is 0 Å². The largest absolute Gasteiger partial charge is 0.508 e. The van der Waals surface area contributed by atoms with Crippen molar-refractivity contribution in [3.05, 3.63) is 99.3 Å². The van der Waals surface area contributed by atoms with Crippen LogP contribution in [0.2, 0.25) is 5.02 Å². The zero-order chi connectivity index (χ0) is 23.1. The Bertz CT molecular complexity index is 1470. The summed E-state index contributed by atoms with van der Waals surface area (Å²) in [6, 6.07) is 21.2. The molecule has 0 saturated heterocycles. The molecule has 5 rings (SSSR count). The number of phenolic OH excluding ortho intramolecular Hbond substituents is 1. The molecule has 3 aromatic carbocycles. The predicted octanol–water partition coefficient (Wildman–Crippen LogP) is 5.25. The fourth-order valence-electron chi connectivity index (χ4n) is 4.38. The molecule has 4 aromatic rings. The molecule has 7 heteroatoms. The average molecular weight is 458 g/mol. The summed E-state index contributed by atoms with van der Waals surface area (Å²) >= 11 is 6.11. The number of hydrogen-bond donors (Lipinski definition) is 2. The highest BCUT2D eigenvalue weighted by Crippen LogP contribution is 2.37. The van der Waals surface area contributed by atoms with Gasteiger partial charge >= 0.3 is 0 Å². The topological polar surface area (TPSA) is 85.8 Å². The van der Waals surface area contributed by atoms with Crippen molar-refractivity contribution >= 4 is 34.1 Å². The van der Waals surface area contributed by atoms with E-state index in [1.54, 1.807) is 30.3 Å². The number of nitrogens with zero attached hydrogens (tertiary/aromatic N) is 2. The Hall–Kier alpha value is -3.90. The van der Waals surface area contributed by atoms with Crippen LogP contribution in [0.1, 0.15) is 30.5 Å². The van der Waals surface area contributed by atoms with Gasteiger partial charge in [0, 0.05) is 34.8 Å². The Morgan fingerprint density at radius 3 is 2.55 bits per heavy atom. The van der Waals surface area contributed by atoms with Crippen molar-refractivity contribution in [2.24, 2.45) is 5.10 Å². The fourth-order valence-corrected chi connectivity index (χ4v) is 4.50. The Morgan fingerprint density at radius 1 is 1.06 bits per heavy atom. The first kappa shape index (κ1) is 21.0. The number of phenols is 1. The lowest BCUT2D eigenvalue weighted by molar-refractivity contribution is -0.130. The van der Waals surface area contributed by atoms with Gasteiger partial charge in [-0.3, -0.25) is 9.59 Å². The molecule has 0 fully saturated rings. The first-order chi connectivity index (χ1) is 15.9. The van der Waals surface area contributed by atoms with Crippen LogP contribution in [-0.4, -0.2) is 26.7 Å². The molecule has 1 amide bonds. The molecule has 164 valence electrons. The molecule has 0 spiro atoms. The van der Waals surface area contributed by atoms with Crippen LogP contribution in [0.4, 0.5) is 0 Å². The van der Waals surface area contributed by atoms with Crippen molar-refractivity contribution in [2.45, 2.75) is 19.4 Å². The van der Waals surface area contributed by atoms with Gasteiger partial charge in [-0.05, 0) is 41.5 Å². The number of carbonyl (C=O) groups excluding carboxylic acids is 1. The highest BCUT2D eigenvalue weighted by molar-refractivity contribution is 6.30.